The van der Waals surface area contributed by atoms with Crippen molar-refractivity contribution in [1.29, 1.82) is 0 Å². The van der Waals surface area contributed by atoms with Crippen LogP contribution in [-0.2, 0) is 21.2 Å². The van der Waals surface area contributed by atoms with Gasteiger partial charge in [-0.25, -0.2) is 8.42 Å². The molecule has 1 amide bonds. The number of rotatable bonds is 10. The molecule has 0 aromatic heterocycles. The number of nitrogens with zero attached hydrogens (tertiary/aromatic N) is 1. The average Bonchev–Trinajstić information content (AvgIpc) is 2.68. The van der Waals surface area contributed by atoms with Crippen LogP contribution in [0.2, 0.25) is 0 Å². The van der Waals surface area contributed by atoms with E-state index in [0.717, 1.165) is 11.3 Å². The molecule has 1 N–H and O–H groups in total. The average molecular weight is 401 g/mol. The van der Waals surface area contributed by atoms with Crippen LogP contribution in [0.15, 0.2) is 78.7 Å². The van der Waals surface area contributed by atoms with Crippen LogP contribution in [0.5, 0.6) is 5.75 Å². The molecule has 0 saturated carbocycles. The normalized spacial score (nSPS) is 11.1. The van der Waals surface area contributed by atoms with E-state index in [9.17, 15) is 13.2 Å². The summed E-state index contributed by atoms with van der Waals surface area (Å²) in [6.45, 7) is 7.55. The third kappa shape index (κ3) is 5.55. The van der Waals surface area contributed by atoms with E-state index in [0.29, 0.717) is 5.69 Å². The number of nitrogens with one attached hydrogen (secondary N) is 1. The predicted molar refractivity (Wildman–Crippen MR) is 111 cm³/mol. The second kappa shape index (κ2) is 9.87. The first-order chi connectivity index (χ1) is 13.4. The lowest BCUT2D eigenvalue weighted by atomic mass is 10.1. The van der Waals surface area contributed by atoms with Crippen molar-refractivity contribution in [1.82, 2.24) is 4.31 Å². The maximum atomic E-state index is 12.7. The van der Waals surface area contributed by atoms with Crippen molar-refractivity contribution in [3.63, 3.8) is 0 Å². The van der Waals surface area contributed by atoms with Gasteiger partial charge in [-0.2, -0.15) is 4.31 Å². The first-order valence-electron chi connectivity index (χ1n) is 8.65. The number of anilines is 1. The highest BCUT2D eigenvalue weighted by Crippen LogP contribution is 2.19. The molecule has 0 saturated heterocycles. The minimum absolute atomic E-state index is 0.143. The number of carbonyl (C=O) groups is 1. The molecule has 7 heteroatoms. The van der Waals surface area contributed by atoms with Gasteiger partial charge in [0.05, 0.1) is 18.4 Å². The molecular formula is C21H24N2O4S. The summed E-state index contributed by atoms with van der Waals surface area (Å²) in [5.41, 5.74) is 1.37. The first kappa shape index (κ1) is 21.4. The maximum Gasteiger partial charge on any atom is 0.243 e. The fraction of sp³-hybridized carbons (Fsp3) is 0.190. The Morgan fingerprint density at radius 3 is 2.11 bits per heavy atom. The summed E-state index contributed by atoms with van der Waals surface area (Å²) in [5, 5.41) is 2.77. The van der Waals surface area contributed by atoms with E-state index in [2.05, 4.69) is 18.5 Å². The Hall–Kier alpha value is -2.90. The van der Waals surface area contributed by atoms with Crippen LogP contribution in [0.25, 0.3) is 0 Å². The Bertz CT molecular complexity index is 910. The number of sulfonamides is 1. The molecule has 28 heavy (non-hydrogen) atoms. The van der Waals surface area contributed by atoms with E-state index in [-0.39, 0.29) is 30.3 Å². The SMILES string of the molecule is C=CCN(CC=C)S(=O)(=O)c1ccc(NC(=O)Cc2ccc(OC)cc2)cc1. The molecule has 0 aliphatic rings. The van der Waals surface area contributed by atoms with Crippen LogP contribution in [0.4, 0.5) is 5.69 Å². The summed E-state index contributed by atoms with van der Waals surface area (Å²) in [5.74, 6) is 0.531. The standard InChI is InChI=1S/C21H24N2O4S/c1-4-14-23(15-5-2)28(25,26)20-12-8-18(9-13-20)22-21(24)16-17-6-10-19(27-3)11-7-17/h4-13H,1-2,14-16H2,3H3,(H,22,24). The summed E-state index contributed by atoms with van der Waals surface area (Å²) in [6.07, 6.45) is 3.25. The quantitative estimate of drug-likeness (QED) is 0.621. The van der Waals surface area contributed by atoms with Gasteiger partial charge < -0.3 is 10.1 Å². The molecule has 0 aliphatic carbocycles. The van der Waals surface area contributed by atoms with Gasteiger partial charge in [0, 0.05) is 18.8 Å². The summed E-state index contributed by atoms with van der Waals surface area (Å²) in [4.78, 5) is 12.3. The van der Waals surface area contributed by atoms with Gasteiger partial charge in [-0.05, 0) is 42.0 Å². The molecule has 6 nitrogen and oxygen atoms in total. The monoisotopic (exact) mass is 400 g/mol. The molecule has 0 heterocycles. The highest BCUT2D eigenvalue weighted by Gasteiger charge is 2.22. The molecular weight excluding hydrogens is 376 g/mol. The third-order valence-electron chi connectivity index (χ3n) is 3.97. The molecule has 0 spiro atoms. The zero-order valence-corrected chi connectivity index (χ0v) is 16.6. The topological polar surface area (TPSA) is 75.7 Å². The number of amides is 1. The predicted octanol–water partition coefficient (Wildman–Crippen LogP) is 3.24. The van der Waals surface area contributed by atoms with Crippen LogP contribution in [0.3, 0.4) is 0 Å². The Labute approximate surface area is 166 Å². The number of methoxy groups -OCH3 is 1. The molecule has 0 bridgehead atoms. The number of benzene rings is 2. The van der Waals surface area contributed by atoms with E-state index in [1.54, 1.807) is 31.4 Å². The molecule has 0 fully saturated rings. The van der Waals surface area contributed by atoms with Crippen molar-refractivity contribution >= 4 is 21.6 Å². The largest absolute Gasteiger partial charge is 0.497 e. The highest BCUT2D eigenvalue weighted by atomic mass is 32.2. The summed E-state index contributed by atoms with van der Waals surface area (Å²) in [6, 6.07) is 13.3. The lowest BCUT2D eigenvalue weighted by molar-refractivity contribution is -0.115. The summed E-state index contributed by atoms with van der Waals surface area (Å²) in [7, 11) is -2.08. The fourth-order valence-corrected chi connectivity index (χ4v) is 3.93. The lowest BCUT2D eigenvalue weighted by Crippen LogP contribution is -2.31. The molecule has 148 valence electrons. The minimum Gasteiger partial charge on any atom is -0.497 e. The van der Waals surface area contributed by atoms with Crippen molar-refractivity contribution in [2.24, 2.45) is 0 Å². The molecule has 0 aliphatic heterocycles. The summed E-state index contributed by atoms with van der Waals surface area (Å²) >= 11 is 0. The van der Waals surface area contributed by atoms with E-state index in [1.165, 1.54) is 28.6 Å². The maximum absolute atomic E-state index is 12.7. The molecule has 0 atom stereocenters. The van der Waals surface area contributed by atoms with Gasteiger partial charge in [-0.1, -0.05) is 24.3 Å². The number of carbonyl (C=O) groups excluding carboxylic acids is 1. The number of hydrogen-bond donors (Lipinski definition) is 1. The van der Waals surface area contributed by atoms with Gasteiger partial charge in [0.1, 0.15) is 5.75 Å². The van der Waals surface area contributed by atoms with Crippen LogP contribution >= 0.6 is 0 Å². The molecule has 2 aromatic carbocycles. The van der Waals surface area contributed by atoms with E-state index in [1.807, 2.05) is 12.1 Å². The molecule has 2 rings (SSSR count). The summed E-state index contributed by atoms with van der Waals surface area (Å²) < 4.78 is 31.7. The Balaban J connectivity index is 2.05. The van der Waals surface area contributed by atoms with E-state index >= 15 is 0 Å². The second-order valence-electron chi connectivity index (χ2n) is 6.00. The van der Waals surface area contributed by atoms with Gasteiger partial charge in [0.25, 0.3) is 0 Å². The molecule has 0 unspecified atom stereocenters. The molecule has 0 radical (unpaired) electrons. The highest BCUT2D eigenvalue weighted by molar-refractivity contribution is 7.89. The second-order valence-corrected chi connectivity index (χ2v) is 7.93. The van der Waals surface area contributed by atoms with Gasteiger partial charge in [-0.3, -0.25) is 4.79 Å². The number of ether oxygens (including phenoxy) is 1. The Kier molecular flexibility index (Phi) is 7.54. The van der Waals surface area contributed by atoms with Crippen LogP contribution in [-0.4, -0.2) is 38.8 Å². The van der Waals surface area contributed by atoms with Gasteiger partial charge in [0.2, 0.25) is 15.9 Å². The van der Waals surface area contributed by atoms with Crippen molar-refractivity contribution in [3.05, 3.63) is 79.4 Å². The minimum atomic E-state index is -3.66. The number of hydrogen-bond acceptors (Lipinski definition) is 4. The molecule has 2 aromatic rings. The smallest absolute Gasteiger partial charge is 0.243 e. The van der Waals surface area contributed by atoms with Gasteiger partial charge in [0.15, 0.2) is 0 Å². The van der Waals surface area contributed by atoms with Crippen molar-refractivity contribution in [3.8, 4) is 5.75 Å². The zero-order chi connectivity index (χ0) is 20.6. The van der Waals surface area contributed by atoms with Crippen LogP contribution in [0.1, 0.15) is 5.56 Å². The first-order valence-corrected chi connectivity index (χ1v) is 10.1. The van der Waals surface area contributed by atoms with Crippen molar-refractivity contribution < 1.29 is 17.9 Å². The van der Waals surface area contributed by atoms with E-state index in [4.69, 9.17) is 4.74 Å². The van der Waals surface area contributed by atoms with Crippen molar-refractivity contribution in [2.75, 3.05) is 25.5 Å². The van der Waals surface area contributed by atoms with Crippen molar-refractivity contribution in [2.45, 2.75) is 11.3 Å². The third-order valence-corrected chi connectivity index (χ3v) is 5.81. The Morgan fingerprint density at radius 2 is 1.61 bits per heavy atom. The van der Waals surface area contributed by atoms with Crippen LogP contribution < -0.4 is 10.1 Å². The zero-order valence-electron chi connectivity index (χ0n) is 15.8. The van der Waals surface area contributed by atoms with E-state index < -0.39 is 10.0 Å². The Morgan fingerprint density at radius 1 is 1.04 bits per heavy atom. The fourth-order valence-electron chi connectivity index (χ4n) is 2.55. The lowest BCUT2D eigenvalue weighted by Gasteiger charge is -2.19. The van der Waals surface area contributed by atoms with Crippen LogP contribution in [0, 0.1) is 0 Å². The van der Waals surface area contributed by atoms with Gasteiger partial charge in [-0.15, -0.1) is 13.2 Å². The van der Waals surface area contributed by atoms with Gasteiger partial charge >= 0.3 is 0 Å².